The highest BCUT2D eigenvalue weighted by atomic mass is 35.5. The zero-order chi connectivity index (χ0) is 12.5. The third-order valence-corrected chi connectivity index (χ3v) is 4.04. The van der Waals surface area contributed by atoms with E-state index in [1.54, 1.807) is 12.1 Å². The Morgan fingerprint density at radius 2 is 1.89 bits per heavy atom. The van der Waals surface area contributed by atoms with Crippen LogP contribution in [-0.4, -0.2) is 18.2 Å². The van der Waals surface area contributed by atoms with Crippen molar-refractivity contribution in [3.63, 3.8) is 0 Å². The Morgan fingerprint density at radius 3 is 2.61 bits per heavy atom. The van der Waals surface area contributed by atoms with Crippen LogP contribution < -0.4 is 5.32 Å². The number of anilines is 1. The van der Waals surface area contributed by atoms with Crippen LogP contribution in [0.3, 0.4) is 0 Å². The van der Waals surface area contributed by atoms with Crippen molar-refractivity contribution >= 4 is 34.9 Å². The van der Waals surface area contributed by atoms with E-state index in [0.29, 0.717) is 27.8 Å². The van der Waals surface area contributed by atoms with Gasteiger partial charge in [0.1, 0.15) is 6.10 Å². The maximum atomic E-state index is 6.10. The van der Waals surface area contributed by atoms with Gasteiger partial charge in [0.25, 0.3) is 6.02 Å². The minimum absolute atomic E-state index is 0.225. The first-order chi connectivity index (χ1) is 8.74. The summed E-state index contributed by atoms with van der Waals surface area (Å²) >= 11 is 12.2. The summed E-state index contributed by atoms with van der Waals surface area (Å²) in [6.07, 6.45) is 4.86. The zero-order valence-electron chi connectivity index (χ0n) is 9.83. The predicted molar refractivity (Wildman–Crippen MR) is 74.6 cm³/mol. The molecule has 1 heterocycles. The van der Waals surface area contributed by atoms with Gasteiger partial charge in [0.05, 0.1) is 21.8 Å². The molecule has 0 aromatic heterocycles. The van der Waals surface area contributed by atoms with Gasteiger partial charge in [0.2, 0.25) is 0 Å². The standard InChI is InChI=1S/C13H14Cl2N2O/c14-8-4-3-5-9(15)12(8)17-13-16-10-6-1-2-7-11(10)18-13/h3-5,10-11H,1-2,6-7H2,(H,16,17)/t10-,11?/m1/s1. The topological polar surface area (TPSA) is 33.6 Å². The molecule has 5 heteroatoms. The molecule has 1 aromatic carbocycles. The normalized spacial score (nSPS) is 26.2. The van der Waals surface area contributed by atoms with Crippen molar-refractivity contribution in [2.75, 3.05) is 5.32 Å². The number of amidine groups is 1. The molecule has 96 valence electrons. The first kappa shape index (κ1) is 12.1. The summed E-state index contributed by atoms with van der Waals surface area (Å²) in [6, 6.07) is 6.23. The van der Waals surface area contributed by atoms with Crippen molar-refractivity contribution in [1.29, 1.82) is 0 Å². The van der Waals surface area contributed by atoms with Gasteiger partial charge in [-0.05, 0) is 31.4 Å². The number of benzene rings is 1. The average Bonchev–Trinajstić information content (AvgIpc) is 2.76. The van der Waals surface area contributed by atoms with Crippen LogP contribution in [-0.2, 0) is 4.74 Å². The molecule has 1 N–H and O–H groups in total. The summed E-state index contributed by atoms with van der Waals surface area (Å²) in [4.78, 5) is 4.55. The highest BCUT2D eigenvalue weighted by Crippen LogP contribution is 2.33. The zero-order valence-corrected chi connectivity index (χ0v) is 11.3. The summed E-state index contributed by atoms with van der Waals surface area (Å²) in [6.45, 7) is 0. The number of para-hydroxylation sites is 1. The number of hydrogen-bond donors (Lipinski definition) is 1. The van der Waals surface area contributed by atoms with E-state index in [2.05, 4.69) is 10.3 Å². The molecule has 1 fully saturated rings. The van der Waals surface area contributed by atoms with E-state index in [1.807, 2.05) is 6.07 Å². The molecule has 0 spiro atoms. The van der Waals surface area contributed by atoms with E-state index in [4.69, 9.17) is 27.9 Å². The number of hydrogen-bond acceptors (Lipinski definition) is 3. The summed E-state index contributed by atoms with van der Waals surface area (Å²) in [7, 11) is 0. The van der Waals surface area contributed by atoms with Crippen LogP contribution >= 0.6 is 23.2 Å². The molecule has 1 aliphatic carbocycles. The Balaban J connectivity index is 1.77. The minimum Gasteiger partial charge on any atom is -0.459 e. The Morgan fingerprint density at radius 1 is 1.17 bits per heavy atom. The second-order valence-corrected chi connectivity index (χ2v) is 5.48. The Kier molecular flexibility index (Phi) is 3.35. The van der Waals surface area contributed by atoms with Gasteiger partial charge >= 0.3 is 0 Å². The lowest BCUT2D eigenvalue weighted by Crippen LogP contribution is -2.26. The molecule has 1 aromatic rings. The molecule has 0 amide bonds. The Labute approximate surface area is 116 Å². The fourth-order valence-corrected chi connectivity index (χ4v) is 2.96. The molecule has 1 aliphatic heterocycles. The summed E-state index contributed by atoms with van der Waals surface area (Å²) < 4.78 is 5.80. The molecular weight excluding hydrogens is 271 g/mol. The third-order valence-electron chi connectivity index (χ3n) is 3.41. The van der Waals surface area contributed by atoms with Gasteiger partial charge in [0.15, 0.2) is 0 Å². The lowest BCUT2D eigenvalue weighted by atomic mass is 9.94. The molecular formula is C13H14Cl2N2O. The fourth-order valence-electron chi connectivity index (χ4n) is 2.47. The first-order valence-electron chi connectivity index (χ1n) is 6.19. The van der Waals surface area contributed by atoms with Crippen LogP contribution in [0.25, 0.3) is 0 Å². The van der Waals surface area contributed by atoms with E-state index in [9.17, 15) is 0 Å². The molecule has 1 saturated carbocycles. The van der Waals surface area contributed by atoms with Gasteiger partial charge in [-0.2, -0.15) is 0 Å². The van der Waals surface area contributed by atoms with Crippen molar-refractivity contribution < 1.29 is 4.74 Å². The smallest absolute Gasteiger partial charge is 0.290 e. The lowest BCUT2D eigenvalue weighted by molar-refractivity contribution is 0.152. The van der Waals surface area contributed by atoms with Gasteiger partial charge in [0, 0.05) is 0 Å². The SMILES string of the molecule is Clc1cccc(Cl)c1NC1=N[C@@H]2CCCCC2O1. The highest BCUT2D eigenvalue weighted by molar-refractivity contribution is 6.39. The van der Waals surface area contributed by atoms with E-state index >= 15 is 0 Å². The maximum absolute atomic E-state index is 6.10. The molecule has 2 aliphatic rings. The van der Waals surface area contributed by atoms with Crippen molar-refractivity contribution in [3.05, 3.63) is 28.2 Å². The molecule has 2 atom stereocenters. The van der Waals surface area contributed by atoms with E-state index < -0.39 is 0 Å². The Bertz CT molecular complexity index is 470. The fraction of sp³-hybridized carbons (Fsp3) is 0.462. The van der Waals surface area contributed by atoms with E-state index in [0.717, 1.165) is 12.8 Å². The Hall–Kier alpha value is -0.930. The molecule has 0 bridgehead atoms. The van der Waals surface area contributed by atoms with Gasteiger partial charge < -0.3 is 10.1 Å². The summed E-state index contributed by atoms with van der Waals surface area (Å²) in [5, 5.41) is 4.24. The van der Waals surface area contributed by atoms with Crippen LogP contribution in [0.5, 0.6) is 0 Å². The van der Waals surface area contributed by atoms with E-state index in [1.165, 1.54) is 12.8 Å². The number of nitrogens with one attached hydrogen (secondary N) is 1. The number of halogens is 2. The van der Waals surface area contributed by atoms with Crippen molar-refractivity contribution in [1.82, 2.24) is 0 Å². The average molecular weight is 285 g/mol. The monoisotopic (exact) mass is 284 g/mol. The van der Waals surface area contributed by atoms with Crippen LogP contribution in [0, 0.1) is 0 Å². The third kappa shape index (κ3) is 2.29. The molecule has 0 saturated heterocycles. The van der Waals surface area contributed by atoms with Crippen molar-refractivity contribution in [2.24, 2.45) is 4.99 Å². The maximum Gasteiger partial charge on any atom is 0.290 e. The van der Waals surface area contributed by atoms with Crippen LogP contribution in [0.1, 0.15) is 25.7 Å². The molecule has 18 heavy (non-hydrogen) atoms. The molecule has 3 rings (SSSR count). The van der Waals surface area contributed by atoms with Gasteiger partial charge in [-0.15, -0.1) is 0 Å². The van der Waals surface area contributed by atoms with Crippen LogP contribution in [0.15, 0.2) is 23.2 Å². The molecule has 3 nitrogen and oxygen atoms in total. The van der Waals surface area contributed by atoms with Gasteiger partial charge in [-0.3, -0.25) is 0 Å². The number of fused-ring (bicyclic) bond motifs is 1. The summed E-state index contributed by atoms with van der Waals surface area (Å²) in [5.41, 5.74) is 0.665. The number of rotatable bonds is 1. The van der Waals surface area contributed by atoms with Crippen molar-refractivity contribution in [3.8, 4) is 0 Å². The van der Waals surface area contributed by atoms with Crippen molar-refractivity contribution in [2.45, 2.75) is 37.8 Å². The summed E-state index contributed by atoms with van der Waals surface area (Å²) in [5.74, 6) is 0. The largest absolute Gasteiger partial charge is 0.459 e. The number of aliphatic imine (C=N–C) groups is 1. The lowest BCUT2D eigenvalue weighted by Gasteiger charge is -2.21. The molecule has 0 radical (unpaired) electrons. The number of nitrogens with zero attached hydrogens (tertiary/aromatic N) is 1. The van der Waals surface area contributed by atoms with Crippen LogP contribution in [0.4, 0.5) is 5.69 Å². The van der Waals surface area contributed by atoms with E-state index in [-0.39, 0.29) is 6.10 Å². The minimum atomic E-state index is 0.225. The number of ether oxygens (including phenoxy) is 1. The second kappa shape index (κ2) is 4.98. The highest BCUT2D eigenvalue weighted by Gasteiger charge is 2.33. The van der Waals surface area contributed by atoms with Crippen LogP contribution in [0.2, 0.25) is 10.0 Å². The van der Waals surface area contributed by atoms with Gasteiger partial charge in [-0.25, -0.2) is 4.99 Å². The molecule has 1 unspecified atom stereocenters. The van der Waals surface area contributed by atoms with Gasteiger partial charge in [-0.1, -0.05) is 35.7 Å². The quantitative estimate of drug-likeness (QED) is 0.842. The second-order valence-electron chi connectivity index (χ2n) is 4.66. The predicted octanol–water partition coefficient (Wildman–Crippen LogP) is 4.10. The first-order valence-corrected chi connectivity index (χ1v) is 6.95.